The maximum absolute atomic E-state index is 13.2. The highest BCUT2D eigenvalue weighted by Gasteiger charge is 2.34. The van der Waals surface area contributed by atoms with E-state index in [0.717, 1.165) is 6.20 Å². The number of amides is 1. The summed E-state index contributed by atoms with van der Waals surface area (Å²) in [5, 5.41) is 11.1. The lowest BCUT2D eigenvalue weighted by Crippen LogP contribution is -2.30. The van der Waals surface area contributed by atoms with Crippen LogP contribution in [0.1, 0.15) is 12.8 Å². The normalized spacial score (nSPS) is 22.7. The number of aliphatic carboxylic acids is 1. The molecule has 1 aliphatic rings. The standard InChI is InChI=1S/C11H11FN2O4/c12-6-5-13-4-3-7(6)14-10(15)8-1-2-9(18-8)11(16)17/h3-5,8-9H,1-2H2,(H,16,17)(H,13,14,15). The number of hydrogen-bond acceptors (Lipinski definition) is 4. The lowest BCUT2D eigenvalue weighted by atomic mass is 10.2. The van der Waals surface area contributed by atoms with Crippen LogP contribution in [0.4, 0.5) is 10.1 Å². The molecule has 96 valence electrons. The fourth-order valence-electron chi connectivity index (χ4n) is 1.70. The summed E-state index contributed by atoms with van der Waals surface area (Å²) in [4.78, 5) is 25.9. The molecule has 1 aromatic rings. The number of rotatable bonds is 3. The number of carbonyl (C=O) groups excluding carboxylic acids is 1. The third kappa shape index (κ3) is 2.62. The quantitative estimate of drug-likeness (QED) is 0.832. The number of carboxylic acids is 1. The van der Waals surface area contributed by atoms with Gasteiger partial charge in [0.15, 0.2) is 11.9 Å². The molecule has 7 heteroatoms. The number of halogens is 1. The lowest BCUT2D eigenvalue weighted by molar-refractivity contribution is -0.150. The molecule has 2 rings (SSSR count). The number of carboxylic acid groups (broad SMARTS) is 1. The SMILES string of the molecule is O=C(O)C1CCC(C(=O)Nc2ccncc2F)O1. The first-order chi connectivity index (χ1) is 8.58. The number of aromatic nitrogens is 1. The van der Waals surface area contributed by atoms with Crippen molar-refractivity contribution in [1.29, 1.82) is 0 Å². The molecule has 6 nitrogen and oxygen atoms in total. The Hall–Kier alpha value is -2.02. The molecule has 1 aromatic heterocycles. The van der Waals surface area contributed by atoms with Crippen LogP contribution in [0.15, 0.2) is 18.5 Å². The zero-order valence-electron chi connectivity index (χ0n) is 9.30. The minimum Gasteiger partial charge on any atom is -0.479 e. The molecule has 2 unspecified atom stereocenters. The van der Waals surface area contributed by atoms with Crippen molar-refractivity contribution in [3.8, 4) is 0 Å². The van der Waals surface area contributed by atoms with E-state index in [2.05, 4.69) is 10.3 Å². The number of carbonyl (C=O) groups is 2. The topological polar surface area (TPSA) is 88.5 Å². The zero-order chi connectivity index (χ0) is 13.1. The van der Waals surface area contributed by atoms with Crippen molar-refractivity contribution in [3.63, 3.8) is 0 Å². The summed E-state index contributed by atoms with van der Waals surface area (Å²) < 4.78 is 18.3. The molecule has 0 spiro atoms. The molecule has 0 aromatic carbocycles. The van der Waals surface area contributed by atoms with Crippen molar-refractivity contribution < 1.29 is 23.8 Å². The Morgan fingerprint density at radius 2 is 2.17 bits per heavy atom. The average Bonchev–Trinajstić information content (AvgIpc) is 2.81. The van der Waals surface area contributed by atoms with E-state index in [9.17, 15) is 14.0 Å². The number of nitrogens with one attached hydrogen (secondary N) is 1. The Morgan fingerprint density at radius 1 is 1.44 bits per heavy atom. The molecular weight excluding hydrogens is 243 g/mol. The van der Waals surface area contributed by atoms with Crippen LogP contribution in [0.2, 0.25) is 0 Å². The first-order valence-electron chi connectivity index (χ1n) is 5.36. The van der Waals surface area contributed by atoms with Crippen molar-refractivity contribution in [1.82, 2.24) is 4.98 Å². The van der Waals surface area contributed by atoms with E-state index in [1.54, 1.807) is 0 Å². The molecule has 1 saturated heterocycles. The molecule has 2 heterocycles. The highest BCUT2D eigenvalue weighted by atomic mass is 19.1. The van der Waals surface area contributed by atoms with E-state index in [1.165, 1.54) is 12.3 Å². The summed E-state index contributed by atoms with van der Waals surface area (Å²) in [6, 6.07) is 1.32. The first kappa shape index (κ1) is 12.4. The summed E-state index contributed by atoms with van der Waals surface area (Å²) in [6.07, 6.45) is 1.06. The van der Waals surface area contributed by atoms with Gasteiger partial charge in [-0.1, -0.05) is 0 Å². The van der Waals surface area contributed by atoms with E-state index < -0.39 is 29.9 Å². The Bertz CT molecular complexity index is 480. The Labute approximate surface area is 102 Å². The molecule has 0 saturated carbocycles. The van der Waals surface area contributed by atoms with Gasteiger partial charge >= 0.3 is 5.97 Å². The van der Waals surface area contributed by atoms with Gasteiger partial charge in [-0.15, -0.1) is 0 Å². The maximum atomic E-state index is 13.2. The second-order valence-electron chi connectivity index (χ2n) is 3.87. The van der Waals surface area contributed by atoms with E-state index >= 15 is 0 Å². The maximum Gasteiger partial charge on any atom is 0.332 e. The molecule has 1 aliphatic heterocycles. The fourth-order valence-corrected chi connectivity index (χ4v) is 1.70. The third-order valence-electron chi connectivity index (χ3n) is 2.62. The molecule has 2 N–H and O–H groups in total. The molecule has 1 fully saturated rings. The van der Waals surface area contributed by atoms with Gasteiger partial charge in [-0.25, -0.2) is 9.18 Å². The molecule has 2 atom stereocenters. The average molecular weight is 254 g/mol. The summed E-state index contributed by atoms with van der Waals surface area (Å²) >= 11 is 0. The first-order valence-corrected chi connectivity index (χ1v) is 5.36. The molecule has 1 amide bonds. The number of anilines is 1. The third-order valence-corrected chi connectivity index (χ3v) is 2.62. The Kier molecular flexibility index (Phi) is 3.52. The van der Waals surface area contributed by atoms with Crippen LogP contribution in [0, 0.1) is 5.82 Å². The summed E-state index contributed by atoms with van der Waals surface area (Å²) in [5.41, 5.74) is -0.00243. The Morgan fingerprint density at radius 3 is 2.78 bits per heavy atom. The van der Waals surface area contributed by atoms with E-state index in [1.807, 2.05) is 0 Å². The zero-order valence-corrected chi connectivity index (χ0v) is 9.30. The van der Waals surface area contributed by atoms with Gasteiger partial charge < -0.3 is 15.2 Å². The second-order valence-corrected chi connectivity index (χ2v) is 3.87. The van der Waals surface area contributed by atoms with E-state index in [0.29, 0.717) is 6.42 Å². The molecular formula is C11H11FN2O4. The largest absolute Gasteiger partial charge is 0.479 e. The van der Waals surface area contributed by atoms with E-state index in [-0.39, 0.29) is 12.1 Å². The summed E-state index contributed by atoms with van der Waals surface area (Å²) in [7, 11) is 0. The van der Waals surface area contributed by atoms with Crippen molar-refractivity contribution in [2.75, 3.05) is 5.32 Å². The Balaban J connectivity index is 1.98. The van der Waals surface area contributed by atoms with Crippen molar-refractivity contribution >= 4 is 17.6 Å². The van der Waals surface area contributed by atoms with Crippen molar-refractivity contribution in [2.45, 2.75) is 25.0 Å². The summed E-state index contributed by atoms with van der Waals surface area (Å²) in [6.45, 7) is 0. The molecule has 0 radical (unpaired) electrons. The highest BCUT2D eigenvalue weighted by Crippen LogP contribution is 2.21. The number of ether oxygens (including phenoxy) is 1. The number of nitrogens with zero attached hydrogens (tertiary/aromatic N) is 1. The smallest absolute Gasteiger partial charge is 0.332 e. The van der Waals surface area contributed by atoms with Gasteiger partial charge in [-0.05, 0) is 18.9 Å². The van der Waals surface area contributed by atoms with Crippen LogP contribution in [0.3, 0.4) is 0 Å². The molecule has 18 heavy (non-hydrogen) atoms. The van der Waals surface area contributed by atoms with Crippen LogP contribution in [0.25, 0.3) is 0 Å². The van der Waals surface area contributed by atoms with Crippen molar-refractivity contribution in [3.05, 3.63) is 24.3 Å². The van der Waals surface area contributed by atoms with Gasteiger partial charge in [0, 0.05) is 6.20 Å². The summed E-state index contributed by atoms with van der Waals surface area (Å²) in [5.74, 6) is -2.30. The van der Waals surface area contributed by atoms with Gasteiger partial charge in [0.05, 0.1) is 11.9 Å². The highest BCUT2D eigenvalue weighted by molar-refractivity contribution is 5.94. The van der Waals surface area contributed by atoms with Crippen LogP contribution >= 0.6 is 0 Å². The minimum atomic E-state index is -1.10. The predicted molar refractivity (Wildman–Crippen MR) is 58.4 cm³/mol. The van der Waals surface area contributed by atoms with Crippen LogP contribution < -0.4 is 5.32 Å². The van der Waals surface area contributed by atoms with Gasteiger partial charge in [0.1, 0.15) is 6.10 Å². The second kappa shape index (κ2) is 5.09. The van der Waals surface area contributed by atoms with Crippen LogP contribution in [-0.2, 0) is 14.3 Å². The number of pyridine rings is 1. The predicted octanol–water partition coefficient (Wildman–Crippen LogP) is 0.791. The van der Waals surface area contributed by atoms with Gasteiger partial charge in [0.25, 0.3) is 5.91 Å². The monoisotopic (exact) mass is 254 g/mol. The van der Waals surface area contributed by atoms with E-state index in [4.69, 9.17) is 9.84 Å². The van der Waals surface area contributed by atoms with Crippen LogP contribution in [-0.4, -0.2) is 34.2 Å². The fraction of sp³-hybridized carbons (Fsp3) is 0.364. The molecule has 0 bridgehead atoms. The van der Waals surface area contributed by atoms with Gasteiger partial charge in [-0.3, -0.25) is 9.78 Å². The number of hydrogen-bond donors (Lipinski definition) is 2. The van der Waals surface area contributed by atoms with Gasteiger partial charge in [-0.2, -0.15) is 0 Å². The molecule has 0 aliphatic carbocycles. The van der Waals surface area contributed by atoms with Crippen molar-refractivity contribution in [2.24, 2.45) is 0 Å². The van der Waals surface area contributed by atoms with Gasteiger partial charge in [0.2, 0.25) is 0 Å². The minimum absolute atomic E-state index is 0.00243. The van der Waals surface area contributed by atoms with Crippen LogP contribution in [0.5, 0.6) is 0 Å². The lowest BCUT2D eigenvalue weighted by Gasteiger charge is -2.11.